The summed E-state index contributed by atoms with van der Waals surface area (Å²) in [5.74, 6) is 0.0343. The van der Waals surface area contributed by atoms with Crippen molar-refractivity contribution in [3.05, 3.63) is 0 Å². The zero-order valence-corrected chi connectivity index (χ0v) is 29.3. The predicted octanol–water partition coefficient (Wildman–Crippen LogP) is 9.57. The Kier molecular flexibility index (Phi) is 27.4. The van der Waals surface area contributed by atoms with Crippen molar-refractivity contribution in [3.8, 4) is 0 Å². The van der Waals surface area contributed by atoms with Crippen LogP contribution in [0.2, 0.25) is 0 Å². The van der Waals surface area contributed by atoms with Gasteiger partial charge in [-0.1, -0.05) is 111 Å². The van der Waals surface area contributed by atoms with Crippen LogP contribution in [0.1, 0.15) is 170 Å². The van der Waals surface area contributed by atoms with Crippen molar-refractivity contribution in [2.45, 2.75) is 187 Å². The van der Waals surface area contributed by atoms with E-state index in [2.05, 4.69) is 39.9 Å². The summed E-state index contributed by atoms with van der Waals surface area (Å²) in [6.07, 6.45) is 23.5. The minimum atomic E-state index is -0.473. The summed E-state index contributed by atoms with van der Waals surface area (Å²) in [5.41, 5.74) is -0.698. The van der Waals surface area contributed by atoms with Crippen LogP contribution in [0.15, 0.2) is 0 Å². The van der Waals surface area contributed by atoms with Crippen molar-refractivity contribution in [2.75, 3.05) is 40.1 Å². The molecule has 0 aliphatic rings. The summed E-state index contributed by atoms with van der Waals surface area (Å²) in [6, 6.07) is 0. The molecule has 0 saturated carbocycles. The number of hydrogen-bond acceptors (Lipinski definition) is 5. The molecule has 0 bridgehead atoms. The van der Waals surface area contributed by atoms with Crippen molar-refractivity contribution in [2.24, 2.45) is 0 Å². The Morgan fingerprint density at radius 3 is 1.76 bits per heavy atom. The Balaban J connectivity index is 4.43. The van der Waals surface area contributed by atoms with E-state index < -0.39 is 5.60 Å². The third kappa shape index (κ3) is 25.8. The number of methoxy groups -OCH3 is 1. The fourth-order valence-electron chi connectivity index (χ4n) is 4.95. The van der Waals surface area contributed by atoms with Crippen LogP contribution < -0.4 is 5.32 Å². The van der Waals surface area contributed by atoms with E-state index in [4.69, 9.17) is 18.9 Å². The number of ether oxygens (including phenoxy) is 4. The second-order valence-corrected chi connectivity index (χ2v) is 13.2. The molecular weight excluding hydrogens is 526 g/mol. The quantitative estimate of drug-likeness (QED) is 0.0780. The molecule has 1 N–H and O–H groups in total. The first-order chi connectivity index (χ1) is 20.2. The van der Waals surface area contributed by atoms with E-state index >= 15 is 0 Å². The molecule has 42 heavy (non-hydrogen) atoms. The van der Waals surface area contributed by atoms with Gasteiger partial charge in [0.25, 0.3) is 0 Å². The molecule has 2 unspecified atom stereocenters. The van der Waals surface area contributed by atoms with Crippen molar-refractivity contribution >= 4 is 5.91 Å². The Bertz CT molecular complexity index is 599. The molecular formula is C36H73NO5. The molecule has 0 aromatic heterocycles. The maximum absolute atomic E-state index is 12.8. The minimum absolute atomic E-state index is 0.0222. The number of hydrogen-bond donors (Lipinski definition) is 1. The highest BCUT2D eigenvalue weighted by Gasteiger charge is 2.28. The van der Waals surface area contributed by atoms with Gasteiger partial charge in [-0.25, -0.2) is 0 Å². The first-order valence-corrected chi connectivity index (χ1v) is 17.9. The summed E-state index contributed by atoms with van der Waals surface area (Å²) in [7, 11) is 1.72. The molecule has 2 atom stereocenters. The Morgan fingerprint density at radius 2 is 1.24 bits per heavy atom. The van der Waals surface area contributed by atoms with Crippen molar-refractivity contribution in [3.63, 3.8) is 0 Å². The third-order valence-electron chi connectivity index (χ3n) is 8.58. The number of nitrogens with one attached hydrogen (secondary N) is 1. The third-order valence-corrected chi connectivity index (χ3v) is 8.58. The maximum Gasteiger partial charge on any atom is 0.222 e. The Morgan fingerprint density at radius 1 is 0.714 bits per heavy atom. The van der Waals surface area contributed by atoms with Crippen LogP contribution in [0.5, 0.6) is 0 Å². The average molecular weight is 600 g/mol. The first-order valence-electron chi connectivity index (χ1n) is 17.9. The van der Waals surface area contributed by atoms with Gasteiger partial charge in [-0.15, -0.1) is 0 Å². The van der Waals surface area contributed by atoms with Crippen LogP contribution in [-0.4, -0.2) is 63.3 Å². The highest BCUT2D eigenvalue weighted by atomic mass is 16.5. The fourth-order valence-corrected chi connectivity index (χ4v) is 4.95. The van der Waals surface area contributed by atoms with E-state index in [9.17, 15) is 4.79 Å². The molecule has 1 amide bonds. The molecule has 6 nitrogen and oxygen atoms in total. The van der Waals surface area contributed by atoms with Gasteiger partial charge in [0, 0.05) is 26.9 Å². The molecule has 0 aromatic carbocycles. The highest BCUT2D eigenvalue weighted by molar-refractivity contribution is 5.76. The van der Waals surface area contributed by atoms with Crippen molar-refractivity contribution in [1.82, 2.24) is 5.32 Å². The van der Waals surface area contributed by atoms with Crippen LogP contribution >= 0.6 is 0 Å². The van der Waals surface area contributed by atoms with Gasteiger partial charge < -0.3 is 24.3 Å². The summed E-state index contributed by atoms with van der Waals surface area (Å²) in [6.45, 7) is 16.1. The zero-order chi connectivity index (χ0) is 31.4. The van der Waals surface area contributed by atoms with Crippen LogP contribution in [0, 0.1) is 0 Å². The number of amides is 1. The molecule has 0 aliphatic heterocycles. The van der Waals surface area contributed by atoms with E-state index in [1.807, 2.05) is 6.92 Å². The number of rotatable bonds is 32. The molecule has 0 aliphatic carbocycles. The molecule has 0 heterocycles. The topological polar surface area (TPSA) is 66.0 Å². The maximum atomic E-state index is 12.8. The number of carbonyl (C=O) groups excluding carboxylic acids is 1. The molecule has 0 rings (SSSR count). The smallest absolute Gasteiger partial charge is 0.222 e. The molecule has 0 saturated heterocycles. The largest absolute Gasteiger partial charge is 0.379 e. The van der Waals surface area contributed by atoms with Crippen molar-refractivity contribution < 1.29 is 23.7 Å². The summed E-state index contributed by atoms with van der Waals surface area (Å²) >= 11 is 0. The second kappa shape index (κ2) is 27.8. The summed E-state index contributed by atoms with van der Waals surface area (Å²) < 4.78 is 24.0. The van der Waals surface area contributed by atoms with Gasteiger partial charge in [-0.2, -0.15) is 0 Å². The van der Waals surface area contributed by atoms with Gasteiger partial charge in [-0.05, 0) is 52.9 Å². The lowest BCUT2D eigenvalue weighted by molar-refractivity contribution is -0.130. The monoisotopic (exact) mass is 600 g/mol. The SMILES string of the molecule is CCCCCCCCCCOCC(CCNC(=O)CC(C)(CC)OCCC(C)(C)OC)OCCCCCCCCCC. The molecule has 0 spiro atoms. The van der Waals surface area contributed by atoms with E-state index in [-0.39, 0.29) is 17.6 Å². The van der Waals surface area contributed by atoms with Gasteiger partial charge in [0.15, 0.2) is 0 Å². The van der Waals surface area contributed by atoms with Gasteiger partial charge in [-0.3, -0.25) is 4.79 Å². The molecule has 0 fully saturated rings. The highest BCUT2D eigenvalue weighted by Crippen LogP contribution is 2.22. The number of unbranched alkanes of at least 4 members (excludes halogenated alkanes) is 14. The first kappa shape index (κ1) is 41.3. The lowest BCUT2D eigenvalue weighted by Crippen LogP contribution is -2.38. The van der Waals surface area contributed by atoms with Crippen LogP contribution in [0.25, 0.3) is 0 Å². The van der Waals surface area contributed by atoms with Gasteiger partial charge in [0.05, 0.1) is 36.9 Å². The molecule has 0 aromatic rings. The Hall–Kier alpha value is -0.690. The normalized spacial score (nSPS) is 14.2. The lowest BCUT2D eigenvalue weighted by atomic mass is 9.97. The van der Waals surface area contributed by atoms with Crippen LogP contribution in [0.3, 0.4) is 0 Å². The standard InChI is InChI=1S/C36H73NO5/c1-8-11-13-15-17-19-21-23-28-40-32-33(41-29-24-22-20-18-16-14-12-9-2)25-27-37-34(38)31-36(6,10-3)42-30-26-35(4,5)39-7/h33H,8-32H2,1-7H3,(H,37,38). The van der Waals surface area contributed by atoms with Gasteiger partial charge >= 0.3 is 0 Å². The molecule has 0 radical (unpaired) electrons. The molecule has 252 valence electrons. The van der Waals surface area contributed by atoms with Gasteiger partial charge in [0.2, 0.25) is 5.91 Å². The zero-order valence-electron chi connectivity index (χ0n) is 29.3. The van der Waals surface area contributed by atoms with Crippen LogP contribution in [-0.2, 0) is 23.7 Å². The summed E-state index contributed by atoms with van der Waals surface area (Å²) in [5, 5.41) is 3.12. The average Bonchev–Trinajstić information content (AvgIpc) is 2.96. The van der Waals surface area contributed by atoms with E-state index in [0.29, 0.717) is 26.2 Å². The van der Waals surface area contributed by atoms with Crippen molar-refractivity contribution in [1.29, 1.82) is 0 Å². The Labute approximate surface area is 262 Å². The van der Waals surface area contributed by atoms with Crippen LogP contribution in [0.4, 0.5) is 0 Å². The fraction of sp³-hybridized carbons (Fsp3) is 0.972. The molecule has 6 heteroatoms. The van der Waals surface area contributed by atoms with Gasteiger partial charge in [0.1, 0.15) is 0 Å². The van der Waals surface area contributed by atoms with E-state index in [1.54, 1.807) is 7.11 Å². The predicted molar refractivity (Wildman–Crippen MR) is 178 cm³/mol. The van der Waals surface area contributed by atoms with E-state index in [0.717, 1.165) is 45.3 Å². The lowest BCUT2D eigenvalue weighted by Gasteiger charge is -2.30. The minimum Gasteiger partial charge on any atom is -0.379 e. The van der Waals surface area contributed by atoms with E-state index in [1.165, 1.54) is 89.9 Å². The number of carbonyl (C=O) groups is 1. The second-order valence-electron chi connectivity index (χ2n) is 13.2. The summed E-state index contributed by atoms with van der Waals surface area (Å²) in [4.78, 5) is 12.8.